The molecule has 2 aliphatic carbocycles. The monoisotopic (exact) mass is 217 g/mol. The number of hydrogen-bond acceptors (Lipinski definition) is 2. The van der Waals surface area contributed by atoms with Crippen LogP contribution in [0.2, 0.25) is 0 Å². The molecule has 0 radical (unpaired) electrons. The van der Waals surface area contributed by atoms with Gasteiger partial charge in [-0.2, -0.15) is 0 Å². The lowest BCUT2D eigenvalue weighted by atomic mass is 9.70. The van der Waals surface area contributed by atoms with Crippen LogP contribution in [0.1, 0.15) is 49.1 Å². The van der Waals surface area contributed by atoms with Crippen molar-refractivity contribution in [3.8, 4) is 0 Å². The predicted octanol–water partition coefficient (Wildman–Crippen LogP) is 2.26. The Morgan fingerprint density at radius 2 is 2.00 bits per heavy atom. The van der Waals surface area contributed by atoms with Crippen LogP contribution in [0.4, 0.5) is 0 Å². The molecule has 2 fully saturated rings. The summed E-state index contributed by atoms with van der Waals surface area (Å²) in [5.41, 5.74) is 7.60. The molecule has 0 spiro atoms. The first-order valence-corrected chi connectivity index (χ1v) is 6.26. The molecule has 0 unspecified atom stereocenters. The van der Waals surface area contributed by atoms with E-state index in [2.05, 4.69) is 18.2 Å². The summed E-state index contributed by atoms with van der Waals surface area (Å²) in [7, 11) is 0. The fourth-order valence-electron chi connectivity index (χ4n) is 2.87. The van der Waals surface area contributed by atoms with Crippen LogP contribution in [-0.2, 0) is 5.60 Å². The first kappa shape index (κ1) is 10.3. The van der Waals surface area contributed by atoms with Crippen molar-refractivity contribution in [2.45, 2.75) is 49.7 Å². The third-order valence-electron chi connectivity index (χ3n) is 4.20. The summed E-state index contributed by atoms with van der Waals surface area (Å²) < 4.78 is 0. The molecule has 0 bridgehead atoms. The molecule has 1 aromatic rings. The maximum Gasteiger partial charge on any atom is 0.0926 e. The summed E-state index contributed by atoms with van der Waals surface area (Å²) in [6, 6.07) is 8.67. The van der Waals surface area contributed by atoms with Crippen LogP contribution < -0.4 is 5.73 Å². The van der Waals surface area contributed by atoms with Crippen LogP contribution in [0, 0.1) is 0 Å². The van der Waals surface area contributed by atoms with Gasteiger partial charge in [0.25, 0.3) is 0 Å². The number of aliphatic hydroxyl groups is 1. The Balaban J connectivity index is 1.84. The van der Waals surface area contributed by atoms with Crippen LogP contribution in [0.5, 0.6) is 0 Å². The van der Waals surface area contributed by atoms with Crippen molar-refractivity contribution >= 4 is 0 Å². The molecule has 1 aromatic carbocycles. The van der Waals surface area contributed by atoms with Crippen molar-refractivity contribution in [2.24, 2.45) is 5.73 Å². The van der Waals surface area contributed by atoms with E-state index in [1.54, 1.807) is 0 Å². The average Bonchev–Trinajstić information content (AvgIpc) is 2.13. The second-order valence-electron chi connectivity index (χ2n) is 5.45. The van der Waals surface area contributed by atoms with E-state index >= 15 is 0 Å². The maximum atomic E-state index is 10.4. The Morgan fingerprint density at radius 1 is 1.25 bits per heavy atom. The summed E-state index contributed by atoms with van der Waals surface area (Å²) in [5, 5.41) is 10.4. The first-order chi connectivity index (χ1) is 7.67. The minimum absolute atomic E-state index is 0.178. The van der Waals surface area contributed by atoms with Crippen molar-refractivity contribution < 1.29 is 5.11 Å². The molecule has 2 aliphatic rings. The zero-order valence-electron chi connectivity index (χ0n) is 9.52. The number of benzene rings is 1. The van der Waals surface area contributed by atoms with E-state index in [-0.39, 0.29) is 6.04 Å². The van der Waals surface area contributed by atoms with E-state index in [1.807, 2.05) is 6.07 Å². The summed E-state index contributed by atoms with van der Waals surface area (Å²) in [6.07, 6.45) is 5.38. The molecular formula is C14H19NO. The first-order valence-electron chi connectivity index (χ1n) is 6.26. The minimum Gasteiger partial charge on any atom is -0.385 e. The molecule has 3 N–H and O–H groups in total. The summed E-state index contributed by atoms with van der Waals surface area (Å²) >= 11 is 0. The van der Waals surface area contributed by atoms with Gasteiger partial charge in [-0.05, 0) is 42.7 Å². The molecule has 0 aromatic heterocycles. The normalized spacial score (nSPS) is 34.2. The highest BCUT2D eigenvalue weighted by Gasteiger charge is 2.42. The van der Waals surface area contributed by atoms with Gasteiger partial charge in [-0.25, -0.2) is 0 Å². The van der Waals surface area contributed by atoms with Crippen LogP contribution in [-0.4, -0.2) is 11.1 Å². The molecule has 0 heterocycles. The quantitative estimate of drug-likeness (QED) is 0.798. The lowest BCUT2D eigenvalue weighted by Crippen LogP contribution is -2.49. The Morgan fingerprint density at radius 3 is 2.56 bits per heavy atom. The lowest BCUT2D eigenvalue weighted by Gasteiger charge is -2.42. The molecule has 0 aliphatic heterocycles. The fraction of sp³-hybridized carbons (Fsp3) is 0.571. The second kappa shape index (κ2) is 3.57. The largest absolute Gasteiger partial charge is 0.385 e. The van der Waals surface area contributed by atoms with Gasteiger partial charge in [-0.3, -0.25) is 0 Å². The van der Waals surface area contributed by atoms with E-state index in [9.17, 15) is 5.11 Å². The zero-order valence-corrected chi connectivity index (χ0v) is 9.52. The Kier molecular flexibility index (Phi) is 2.30. The Hall–Kier alpha value is -0.860. The van der Waals surface area contributed by atoms with Crippen LogP contribution in [0.25, 0.3) is 0 Å². The van der Waals surface area contributed by atoms with E-state index < -0.39 is 5.60 Å². The van der Waals surface area contributed by atoms with Crippen LogP contribution >= 0.6 is 0 Å². The van der Waals surface area contributed by atoms with Gasteiger partial charge in [0.15, 0.2) is 0 Å². The SMILES string of the molecule is NC1CC(O)(c2cccc(C3CCC3)c2)C1. The maximum absolute atomic E-state index is 10.4. The van der Waals surface area contributed by atoms with Crippen molar-refractivity contribution in [2.75, 3.05) is 0 Å². The van der Waals surface area contributed by atoms with Gasteiger partial charge in [0.2, 0.25) is 0 Å². The summed E-state index contributed by atoms with van der Waals surface area (Å²) in [6.45, 7) is 0. The van der Waals surface area contributed by atoms with Crippen molar-refractivity contribution in [1.82, 2.24) is 0 Å². The fourth-order valence-corrected chi connectivity index (χ4v) is 2.87. The number of rotatable bonds is 2. The second-order valence-corrected chi connectivity index (χ2v) is 5.45. The lowest BCUT2D eigenvalue weighted by molar-refractivity contribution is -0.0523. The van der Waals surface area contributed by atoms with Gasteiger partial charge < -0.3 is 10.8 Å². The molecular weight excluding hydrogens is 198 g/mol. The van der Waals surface area contributed by atoms with Gasteiger partial charge in [0, 0.05) is 6.04 Å². The Bertz CT molecular complexity index is 391. The van der Waals surface area contributed by atoms with E-state index in [1.165, 1.54) is 24.8 Å². The van der Waals surface area contributed by atoms with Crippen molar-refractivity contribution in [3.63, 3.8) is 0 Å². The van der Waals surface area contributed by atoms with Gasteiger partial charge in [-0.1, -0.05) is 30.7 Å². The summed E-state index contributed by atoms with van der Waals surface area (Å²) in [5.74, 6) is 0.734. The third kappa shape index (κ3) is 1.57. The molecule has 3 rings (SSSR count). The molecule has 16 heavy (non-hydrogen) atoms. The topological polar surface area (TPSA) is 46.2 Å². The average molecular weight is 217 g/mol. The standard InChI is InChI=1S/C14H19NO/c15-13-8-14(16,9-13)12-6-2-5-11(7-12)10-3-1-4-10/h2,5-7,10,13,16H,1,3-4,8-9,15H2. The van der Waals surface area contributed by atoms with Gasteiger partial charge in [0.05, 0.1) is 5.60 Å². The van der Waals surface area contributed by atoms with Crippen molar-refractivity contribution in [3.05, 3.63) is 35.4 Å². The van der Waals surface area contributed by atoms with Gasteiger partial charge >= 0.3 is 0 Å². The van der Waals surface area contributed by atoms with Crippen LogP contribution in [0.3, 0.4) is 0 Å². The zero-order chi connectivity index (χ0) is 11.2. The molecule has 2 nitrogen and oxygen atoms in total. The molecule has 0 saturated heterocycles. The smallest absolute Gasteiger partial charge is 0.0926 e. The highest BCUT2D eigenvalue weighted by molar-refractivity contribution is 5.33. The molecule has 2 heteroatoms. The number of hydrogen-bond donors (Lipinski definition) is 2. The highest BCUT2D eigenvalue weighted by Crippen LogP contribution is 2.43. The predicted molar refractivity (Wildman–Crippen MR) is 64.1 cm³/mol. The van der Waals surface area contributed by atoms with Gasteiger partial charge in [0.1, 0.15) is 0 Å². The Labute approximate surface area is 96.5 Å². The third-order valence-corrected chi connectivity index (χ3v) is 4.20. The highest BCUT2D eigenvalue weighted by atomic mass is 16.3. The van der Waals surface area contributed by atoms with E-state index in [0.29, 0.717) is 12.8 Å². The van der Waals surface area contributed by atoms with E-state index in [0.717, 1.165) is 11.5 Å². The van der Waals surface area contributed by atoms with E-state index in [4.69, 9.17) is 5.73 Å². The van der Waals surface area contributed by atoms with Crippen molar-refractivity contribution in [1.29, 1.82) is 0 Å². The van der Waals surface area contributed by atoms with Crippen LogP contribution in [0.15, 0.2) is 24.3 Å². The number of nitrogens with two attached hydrogens (primary N) is 1. The van der Waals surface area contributed by atoms with Gasteiger partial charge in [-0.15, -0.1) is 0 Å². The molecule has 86 valence electrons. The molecule has 0 atom stereocenters. The minimum atomic E-state index is -0.640. The molecule has 2 saturated carbocycles. The summed E-state index contributed by atoms with van der Waals surface area (Å²) in [4.78, 5) is 0. The molecule has 0 amide bonds.